The van der Waals surface area contributed by atoms with Crippen molar-refractivity contribution in [3.8, 4) is 78.6 Å². The van der Waals surface area contributed by atoms with Gasteiger partial charge in [0.25, 0.3) is 0 Å². The van der Waals surface area contributed by atoms with Crippen molar-refractivity contribution in [1.82, 2.24) is 14.5 Å². The Hall–Kier alpha value is -6.35. The summed E-state index contributed by atoms with van der Waals surface area (Å²) >= 11 is 0. The zero-order valence-electron chi connectivity index (χ0n) is 49.0. The van der Waals surface area contributed by atoms with E-state index in [1.165, 1.54) is 5.56 Å². The molecule has 2 heterocycles. The molecule has 0 unspecified atom stereocenters. The van der Waals surface area contributed by atoms with Gasteiger partial charge in [0.15, 0.2) is 0 Å². The molecule has 74 heavy (non-hydrogen) atoms. The van der Waals surface area contributed by atoms with Crippen molar-refractivity contribution in [2.45, 2.75) is 138 Å². The second-order valence-electron chi connectivity index (χ2n) is 25.2. The van der Waals surface area contributed by atoms with E-state index in [0.717, 1.165) is 78.0 Å². The standard InChI is InChI=1S/C69H74N3O.Pt/c1-43-35-61(56(45-21-18-17-19-22-45)42-55(43)46-27-31-51(32-28-46)66(5,6)7)72-60-24-20-23-54(62(60)71-64(72)57-40-53(68(11,12)13)41-58(63(57)73)69(14,15)16)48-36-49(38-52(37-48)67(8,9)10)59-39-47(33-34-70-59)44-25-29-50(30-26-44)65(2,3)4;/h17-35,37-42,73H,1-16H3;/q-1;/i1D3;. The first-order valence-corrected chi connectivity index (χ1v) is 25.8. The summed E-state index contributed by atoms with van der Waals surface area (Å²) in [5, 5.41) is 12.8. The van der Waals surface area contributed by atoms with Crippen molar-refractivity contribution < 1.29 is 30.3 Å². The third-order valence-electron chi connectivity index (χ3n) is 14.4. The summed E-state index contributed by atoms with van der Waals surface area (Å²) < 4.78 is 29.6. The van der Waals surface area contributed by atoms with Crippen LogP contribution in [0.2, 0.25) is 0 Å². The van der Waals surface area contributed by atoms with Crippen LogP contribution in [0.15, 0.2) is 152 Å². The number of pyridine rings is 1. The van der Waals surface area contributed by atoms with Crippen LogP contribution in [0.25, 0.3) is 83.9 Å². The summed E-state index contributed by atoms with van der Waals surface area (Å²) in [7, 11) is 0. The average Bonchev–Trinajstić information content (AvgIpc) is 3.74. The predicted molar refractivity (Wildman–Crippen MR) is 310 cm³/mol. The second kappa shape index (κ2) is 19.7. The molecule has 1 N–H and O–H groups in total. The predicted octanol–water partition coefficient (Wildman–Crippen LogP) is 18.7. The number of fused-ring (bicyclic) bond motifs is 1. The number of imidazole rings is 1. The van der Waals surface area contributed by atoms with Gasteiger partial charge in [0, 0.05) is 48.2 Å². The summed E-state index contributed by atoms with van der Waals surface area (Å²) in [6.07, 6.45) is 1.88. The molecule has 0 aliphatic carbocycles. The molecule has 5 heteroatoms. The normalized spacial score (nSPS) is 13.3. The van der Waals surface area contributed by atoms with Gasteiger partial charge < -0.3 is 5.11 Å². The van der Waals surface area contributed by atoms with E-state index < -0.39 is 12.3 Å². The first-order chi connectivity index (χ1) is 35.4. The number of hydrogen-bond donors (Lipinski definition) is 1. The molecule has 0 aliphatic heterocycles. The second-order valence-corrected chi connectivity index (χ2v) is 25.2. The number of hydrogen-bond acceptors (Lipinski definition) is 3. The molecule has 0 amide bonds. The zero-order valence-corrected chi connectivity index (χ0v) is 48.3. The molecule has 7 aromatic carbocycles. The molecule has 9 rings (SSSR count). The van der Waals surface area contributed by atoms with Gasteiger partial charge >= 0.3 is 0 Å². The summed E-state index contributed by atoms with van der Waals surface area (Å²) in [6, 6.07) is 54.0. The first-order valence-electron chi connectivity index (χ1n) is 27.3. The van der Waals surface area contributed by atoms with Crippen molar-refractivity contribution in [1.29, 1.82) is 0 Å². The van der Waals surface area contributed by atoms with E-state index in [0.29, 0.717) is 28.2 Å². The van der Waals surface area contributed by atoms with Gasteiger partial charge in [-0.3, -0.25) is 9.55 Å². The maximum absolute atomic E-state index is 12.8. The minimum atomic E-state index is -2.50. The summed E-state index contributed by atoms with van der Waals surface area (Å²) in [4.78, 5) is 10.6. The number of rotatable bonds is 7. The minimum absolute atomic E-state index is 0. The van der Waals surface area contributed by atoms with Gasteiger partial charge in [0.2, 0.25) is 0 Å². The van der Waals surface area contributed by atoms with Crippen LogP contribution < -0.4 is 0 Å². The van der Waals surface area contributed by atoms with Crippen LogP contribution in [-0.2, 0) is 48.1 Å². The molecular formula is C69H74N3OPt-. The number of aryl methyl sites for hydroxylation is 1. The first kappa shape index (κ1) is 49.8. The number of para-hydroxylation sites is 1. The summed E-state index contributed by atoms with van der Waals surface area (Å²) in [5.74, 6) is 0.626. The monoisotopic (exact) mass is 1160 g/mol. The van der Waals surface area contributed by atoms with Gasteiger partial charge in [-0.1, -0.05) is 218 Å². The van der Waals surface area contributed by atoms with Crippen molar-refractivity contribution in [2.75, 3.05) is 0 Å². The van der Waals surface area contributed by atoms with Crippen molar-refractivity contribution in [3.63, 3.8) is 0 Å². The summed E-state index contributed by atoms with van der Waals surface area (Å²) in [5.41, 5.74) is 15.9. The number of nitrogens with zero attached hydrogens (tertiary/aromatic N) is 3. The SMILES string of the molecule is [2H]C([2H])([2H])c1cc(-n2c(-c3cc(C(C)(C)C)cc(C(C)(C)C)c3O)nc3c(-c4[c-]c(-c5cc(-c6ccc(C(C)(C)C)cc6)ccn5)cc(C(C)(C)C)c4)cccc32)c(-c2ccccc2)cc1-c1ccc(C(C)(C)C)cc1.[Pt]. The Bertz CT molecular complexity index is 3630. The minimum Gasteiger partial charge on any atom is -0.507 e. The molecule has 382 valence electrons. The number of benzene rings is 7. The molecule has 2 aromatic heterocycles. The Morgan fingerprint density at radius 1 is 0.473 bits per heavy atom. The van der Waals surface area contributed by atoms with E-state index in [1.807, 2.05) is 54.7 Å². The van der Waals surface area contributed by atoms with Gasteiger partial charge in [-0.05, 0) is 114 Å². The molecule has 0 bridgehead atoms. The Morgan fingerprint density at radius 3 is 1.62 bits per heavy atom. The van der Waals surface area contributed by atoms with Crippen LogP contribution in [0.1, 0.15) is 141 Å². The van der Waals surface area contributed by atoms with Crippen LogP contribution in [0.4, 0.5) is 0 Å². The largest absolute Gasteiger partial charge is 0.507 e. The maximum atomic E-state index is 12.8. The molecule has 9 aromatic rings. The fourth-order valence-electron chi connectivity index (χ4n) is 9.77. The molecular weight excluding hydrogens is 1080 g/mol. The Balaban J connectivity index is 0.00000784. The van der Waals surface area contributed by atoms with Gasteiger partial charge in [0.1, 0.15) is 11.6 Å². The van der Waals surface area contributed by atoms with Crippen LogP contribution in [0, 0.1) is 12.9 Å². The topological polar surface area (TPSA) is 50.9 Å². The maximum Gasteiger partial charge on any atom is 0.148 e. The van der Waals surface area contributed by atoms with E-state index >= 15 is 0 Å². The molecule has 0 saturated carbocycles. The molecule has 0 fully saturated rings. The third kappa shape index (κ3) is 10.8. The zero-order chi connectivity index (χ0) is 55.1. The van der Waals surface area contributed by atoms with E-state index in [4.69, 9.17) is 9.97 Å². The van der Waals surface area contributed by atoms with Gasteiger partial charge in [-0.2, -0.15) is 0 Å². The Kier molecular flexibility index (Phi) is 13.3. The summed E-state index contributed by atoms with van der Waals surface area (Å²) in [6.45, 7) is 30.3. The molecule has 4 nitrogen and oxygen atoms in total. The Labute approximate surface area is 460 Å². The molecule has 0 spiro atoms. The van der Waals surface area contributed by atoms with Crippen LogP contribution in [-0.4, -0.2) is 19.6 Å². The van der Waals surface area contributed by atoms with Crippen molar-refractivity contribution >= 4 is 11.0 Å². The van der Waals surface area contributed by atoms with Gasteiger partial charge in [-0.25, -0.2) is 4.98 Å². The molecule has 0 radical (unpaired) electrons. The number of aromatic nitrogens is 3. The smallest absolute Gasteiger partial charge is 0.148 e. The van der Waals surface area contributed by atoms with E-state index in [9.17, 15) is 9.22 Å². The molecule has 0 aliphatic rings. The average molecular weight is 1160 g/mol. The quantitative estimate of drug-likeness (QED) is 0.162. The van der Waals surface area contributed by atoms with E-state index in [2.05, 4.69) is 212 Å². The van der Waals surface area contributed by atoms with Crippen LogP contribution in [0.5, 0.6) is 5.75 Å². The number of aromatic hydroxyl groups is 1. The van der Waals surface area contributed by atoms with Crippen LogP contribution >= 0.6 is 0 Å². The van der Waals surface area contributed by atoms with E-state index in [1.54, 1.807) is 0 Å². The molecule has 0 saturated heterocycles. The number of phenols is 1. The van der Waals surface area contributed by atoms with Crippen molar-refractivity contribution in [3.05, 3.63) is 191 Å². The van der Waals surface area contributed by atoms with E-state index in [-0.39, 0.29) is 54.0 Å². The molecule has 0 atom stereocenters. The number of phenolic OH excluding ortho intramolecular Hbond substituents is 1. The van der Waals surface area contributed by atoms with Gasteiger partial charge in [0.05, 0.1) is 22.3 Å². The van der Waals surface area contributed by atoms with Gasteiger partial charge in [-0.15, -0.1) is 29.3 Å². The van der Waals surface area contributed by atoms with Crippen LogP contribution in [0.3, 0.4) is 0 Å². The fraction of sp³-hybridized carbons (Fsp3) is 0.304. The van der Waals surface area contributed by atoms with Crippen molar-refractivity contribution in [2.24, 2.45) is 0 Å². The Morgan fingerprint density at radius 2 is 1.04 bits per heavy atom. The fourth-order valence-corrected chi connectivity index (χ4v) is 9.77. The third-order valence-corrected chi connectivity index (χ3v) is 14.4.